The van der Waals surface area contributed by atoms with Gasteiger partial charge in [0, 0.05) is 30.0 Å². The summed E-state index contributed by atoms with van der Waals surface area (Å²) in [5.74, 6) is -0.492. The third-order valence-electron chi connectivity index (χ3n) is 5.88. The van der Waals surface area contributed by atoms with E-state index in [0.717, 1.165) is 10.5 Å². The number of carbonyl (C=O) groups excluding carboxylic acids is 3. The number of carbonyl (C=O) groups is 3. The highest BCUT2D eigenvalue weighted by Gasteiger charge is 2.40. The molecule has 0 aliphatic heterocycles. The highest BCUT2D eigenvalue weighted by Crippen LogP contribution is 2.36. The van der Waals surface area contributed by atoms with E-state index in [-0.39, 0.29) is 11.5 Å². The Kier molecular flexibility index (Phi) is 7.78. The third kappa shape index (κ3) is 6.00. The maximum Gasteiger partial charge on any atom is 0.472 e. The van der Waals surface area contributed by atoms with Gasteiger partial charge in [0.25, 0.3) is 11.8 Å². The molecule has 0 radical (unpaired) electrons. The number of nitrogens with zero attached hydrogens (tertiary/aromatic N) is 4. The molecule has 14 nitrogen and oxygen atoms in total. The average molecular weight is 546 g/mol. The summed E-state index contributed by atoms with van der Waals surface area (Å²) >= 11 is 0. The molecular weight excluding hydrogens is 519 g/mol. The molecule has 0 saturated heterocycles. The number of hydrogen-bond acceptors (Lipinski definition) is 9. The zero-order chi connectivity index (χ0) is 27.6. The van der Waals surface area contributed by atoms with Crippen molar-refractivity contribution in [3.05, 3.63) is 53.0 Å². The fourth-order valence-electron chi connectivity index (χ4n) is 3.83. The predicted molar refractivity (Wildman–Crippen MR) is 134 cm³/mol. The third-order valence-corrected chi connectivity index (χ3v) is 6.32. The molecule has 0 spiro atoms. The van der Waals surface area contributed by atoms with Crippen LogP contribution in [-0.4, -0.2) is 66.6 Å². The lowest BCUT2D eigenvalue weighted by Gasteiger charge is -2.19. The first-order valence-corrected chi connectivity index (χ1v) is 13.2. The number of anilines is 2. The molecule has 4 rings (SSSR count). The minimum Gasteiger partial charge on any atom is -0.421 e. The smallest absolute Gasteiger partial charge is 0.421 e. The summed E-state index contributed by atoms with van der Waals surface area (Å²) in [4.78, 5) is 61.1. The van der Waals surface area contributed by atoms with Crippen molar-refractivity contribution in [1.29, 1.82) is 0 Å². The molecule has 1 saturated carbocycles. The van der Waals surface area contributed by atoms with Gasteiger partial charge in [0.2, 0.25) is 6.79 Å². The molecule has 202 valence electrons. The zero-order valence-electron chi connectivity index (χ0n) is 20.9. The van der Waals surface area contributed by atoms with Crippen LogP contribution in [0.3, 0.4) is 0 Å². The topological polar surface area (TPSA) is 185 Å². The van der Waals surface area contributed by atoms with Gasteiger partial charge >= 0.3 is 13.9 Å². The molecular formula is C23H27N6O8P. The van der Waals surface area contributed by atoms with Gasteiger partial charge in [-0.25, -0.2) is 28.3 Å². The van der Waals surface area contributed by atoms with Crippen LogP contribution in [0.5, 0.6) is 0 Å². The lowest BCUT2D eigenvalue weighted by molar-refractivity contribution is 0.0193. The second-order valence-electron chi connectivity index (χ2n) is 8.64. The SMILES string of the molecule is CCNC(=O)c1ccc(C)c(Nc2ncnn3cc(C(=O)N(C(=O)OCOP(=O)(O)O)C4CC4)c(C)c23)c1. The summed E-state index contributed by atoms with van der Waals surface area (Å²) in [6.45, 7) is 4.87. The van der Waals surface area contributed by atoms with E-state index < -0.39 is 32.7 Å². The van der Waals surface area contributed by atoms with Crippen LogP contribution in [-0.2, 0) is 13.8 Å². The number of aryl methyl sites for hydroxylation is 2. The lowest BCUT2D eigenvalue weighted by atomic mass is 10.1. The van der Waals surface area contributed by atoms with Gasteiger partial charge in [0.1, 0.15) is 11.8 Å². The quantitative estimate of drug-likeness (QED) is 0.228. The number of nitrogens with one attached hydrogen (secondary N) is 2. The lowest BCUT2D eigenvalue weighted by Crippen LogP contribution is -2.39. The van der Waals surface area contributed by atoms with E-state index in [1.165, 1.54) is 17.0 Å². The van der Waals surface area contributed by atoms with Gasteiger partial charge in [-0.1, -0.05) is 6.07 Å². The monoisotopic (exact) mass is 546 g/mol. The van der Waals surface area contributed by atoms with E-state index in [0.29, 0.717) is 47.5 Å². The summed E-state index contributed by atoms with van der Waals surface area (Å²) in [7, 11) is -4.85. The van der Waals surface area contributed by atoms with Crippen LogP contribution in [0.4, 0.5) is 16.3 Å². The van der Waals surface area contributed by atoms with Gasteiger partial charge in [0.05, 0.1) is 5.56 Å². The summed E-state index contributed by atoms with van der Waals surface area (Å²) in [5, 5.41) is 10.2. The largest absolute Gasteiger partial charge is 0.472 e. The second kappa shape index (κ2) is 10.9. The molecule has 0 unspecified atom stereocenters. The van der Waals surface area contributed by atoms with E-state index in [9.17, 15) is 18.9 Å². The van der Waals surface area contributed by atoms with Crippen molar-refractivity contribution < 1.29 is 38.0 Å². The first kappa shape index (κ1) is 27.2. The summed E-state index contributed by atoms with van der Waals surface area (Å²) < 4.78 is 21.2. The molecule has 3 amide bonds. The Balaban J connectivity index is 1.63. The normalized spacial score (nSPS) is 13.3. The van der Waals surface area contributed by atoms with E-state index in [2.05, 4.69) is 25.2 Å². The highest BCUT2D eigenvalue weighted by molar-refractivity contribution is 7.46. The van der Waals surface area contributed by atoms with Gasteiger partial charge in [-0.2, -0.15) is 5.10 Å². The first-order chi connectivity index (χ1) is 18.0. The minimum absolute atomic E-state index is 0.168. The molecule has 4 N–H and O–H groups in total. The van der Waals surface area contributed by atoms with E-state index >= 15 is 0 Å². The Morgan fingerprint density at radius 2 is 1.97 bits per heavy atom. The van der Waals surface area contributed by atoms with Crippen molar-refractivity contribution in [2.45, 2.75) is 39.7 Å². The summed E-state index contributed by atoms with van der Waals surface area (Å²) in [6, 6.07) is 4.82. The number of amides is 3. The van der Waals surface area contributed by atoms with Crippen LogP contribution in [0, 0.1) is 13.8 Å². The van der Waals surface area contributed by atoms with Crippen LogP contribution >= 0.6 is 7.82 Å². The number of hydrogen-bond donors (Lipinski definition) is 4. The van der Waals surface area contributed by atoms with Crippen LogP contribution in [0.25, 0.3) is 5.52 Å². The molecule has 2 aromatic heterocycles. The average Bonchev–Trinajstić information content (AvgIpc) is 3.62. The highest BCUT2D eigenvalue weighted by atomic mass is 31.2. The van der Waals surface area contributed by atoms with Gasteiger partial charge in [-0.05, 0) is 56.9 Å². The van der Waals surface area contributed by atoms with E-state index in [1.807, 2.05) is 13.8 Å². The molecule has 15 heteroatoms. The maximum atomic E-state index is 13.4. The number of ether oxygens (including phenoxy) is 1. The Morgan fingerprint density at radius 1 is 1.24 bits per heavy atom. The van der Waals surface area contributed by atoms with Crippen LogP contribution in [0.15, 0.2) is 30.7 Å². The Bertz CT molecular complexity index is 1450. The Hall–Kier alpha value is -3.84. The molecule has 38 heavy (non-hydrogen) atoms. The molecule has 1 aliphatic carbocycles. The number of benzene rings is 1. The van der Waals surface area contributed by atoms with Crippen molar-refractivity contribution in [3.63, 3.8) is 0 Å². The molecule has 0 atom stereocenters. The number of rotatable bonds is 9. The zero-order valence-corrected chi connectivity index (χ0v) is 21.8. The van der Waals surface area contributed by atoms with Crippen molar-refractivity contribution in [2.75, 3.05) is 18.7 Å². The van der Waals surface area contributed by atoms with Crippen LogP contribution in [0.1, 0.15) is 51.6 Å². The van der Waals surface area contributed by atoms with Gasteiger partial charge in [0.15, 0.2) is 5.82 Å². The fraction of sp³-hybridized carbons (Fsp3) is 0.348. The number of imide groups is 1. The van der Waals surface area contributed by atoms with Crippen molar-refractivity contribution in [3.8, 4) is 0 Å². The second-order valence-corrected chi connectivity index (χ2v) is 9.88. The summed E-state index contributed by atoms with van der Waals surface area (Å²) in [6.07, 6.45) is 2.83. The molecule has 1 aromatic carbocycles. The fourth-order valence-corrected chi connectivity index (χ4v) is 4.02. The predicted octanol–water partition coefficient (Wildman–Crippen LogP) is 2.65. The van der Waals surface area contributed by atoms with Crippen molar-refractivity contribution in [1.82, 2.24) is 24.8 Å². The molecule has 1 fully saturated rings. The van der Waals surface area contributed by atoms with E-state index in [4.69, 9.17) is 14.5 Å². The summed E-state index contributed by atoms with van der Waals surface area (Å²) in [5.41, 5.74) is 3.09. The number of fused-ring (bicyclic) bond motifs is 1. The first-order valence-electron chi connectivity index (χ1n) is 11.7. The molecule has 0 bridgehead atoms. The van der Waals surface area contributed by atoms with Gasteiger partial charge in [-0.15, -0.1) is 0 Å². The Labute approximate surface area is 217 Å². The standard InChI is InChI=1S/C23H27N6O8P/c1-4-24-21(30)15-6-5-13(2)18(9-15)27-20-19-14(3)17(10-28(19)26-11-25-20)22(31)29(16-7-8-16)23(32)36-12-37-38(33,34)35/h5-6,9-11,16H,4,7-8,12H2,1-3H3,(H,24,30)(H,25,26,27)(H2,33,34,35). The maximum absolute atomic E-state index is 13.4. The van der Waals surface area contributed by atoms with Crippen LogP contribution in [0.2, 0.25) is 0 Å². The molecule has 2 heterocycles. The number of phosphoric ester groups is 1. The van der Waals surface area contributed by atoms with Crippen molar-refractivity contribution in [2.24, 2.45) is 0 Å². The van der Waals surface area contributed by atoms with E-state index in [1.54, 1.807) is 25.1 Å². The van der Waals surface area contributed by atoms with Crippen LogP contribution < -0.4 is 10.6 Å². The molecule has 3 aromatic rings. The Morgan fingerprint density at radius 3 is 2.63 bits per heavy atom. The van der Waals surface area contributed by atoms with Crippen molar-refractivity contribution >= 4 is 42.8 Å². The van der Waals surface area contributed by atoms with Gasteiger partial charge in [-0.3, -0.25) is 9.59 Å². The minimum atomic E-state index is -4.85. The number of phosphoric acid groups is 1. The molecule has 1 aliphatic rings. The van der Waals surface area contributed by atoms with Gasteiger partial charge < -0.3 is 25.2 Å². The number of aromatic nitrogens is 3.